The number of hydrogen-bond donors (Lipinski definition) is 2. The second kappa shape index (κ2) is 22.1. The summed E-state index contributed by atoms with van der Waals surface area (Å²) < 4.78 is 0. The van der Waals surface area contributed by atoms with Crippen LogP contribution in [-0.2, 0) is 0 Å². The van der Waals surface area contributed by atoms with Gasteiger partial charge in [0, 0.05) is 0 Å². The summed E-state index contributed by atoms with van der Waals surface area (Å²) in [5.74, 6) is 0. The Morgan fingerprint density at radius 3 is 0.903 bits per heavy atom. The summed E-state index contributed by atoms with van der Waals surface area (Å²) in [6, 6.07) is 0. The average molecular weight is 463 g/mol. The molecule has 0 aliphatic rings. The van der Waals surface area contributed by atoms with Crippen LogP contribution in [0.5, 0.6) is 0 Å². The van der Waals surface area contributed by atoms with Crippen molar-refractivity contribution in [3.8, 4) is 0 Å². The fourth-order valence-electron chi connectivity index (χ4n) is 4.35. The van der Waals surface area contributed by atoms with E-state index in [9.17, 15) is 9.79 Å². The summed E-state index contributed by atoms with van der Waals surface area (Å²) in [4.78, 5) is 26.9. The molecule has 0 aromatic rings. The molecule has 0 heterocycles. The van der Waals surface area contributed by atoms with Crippen LogP contribution in [0, 0.1) is 0 Å². The van der Waals surface area contributed by atoms with Crippen molar-refractivity contribution in [1.29, 1.82) is 0 Å². The molecule has 0 radical (unpaired) electrons. The molecule has 0 fully saturated rings. The van der Waals surface area contributed by atoms with Crippen molar-refractivity contribution >= 4 is 7.72 Å². The fourth-order valence-corrected chi connectivity index (χ4v) is 6.52. The number of hydrogen-bond acceptors (Lipinski definition) is 4. The van der Waals surface area contributed by atoms with Gasteiger partial charge in [0.25, 0.3) is 0 Å². The van der Waals surface area contributed by atoms with Crippen molar-refractivity contribution in [2.24, 2.45) is 0 Å². The van der Waals surface area contributed by atoms with Gasteiger partial charge in [-0.05, 0) is 0 Å². The molecule has 5 heteroatoms. The van der Waals surface area contributed by atoms with Crippen molar-refractivity contribution in [2.75, 3.05) is 38.8 Å². The predicted molar refractivity (Wildman–Crippen MR) is 142 cm³/mol. The third-order valence-electron chi connectivity index (χ3n) is 6.27. The Bertz CT molecular complexity index is 313. The van der Waals surface area contributed by atoms with E-state index >= 15 is 0 Å². The van der Waals surface area contributed by atoms with Crippen LogP contribution in [0.2, 0.25) is 0 Å². The first-order valence-electron chi connectivity index (χ1n) is 13.9. The van der Waals surface area contributed by atoms with Gasteiger partial charge >= 0.3 is 196 Å². The van der Waals surface area contributed by atoms with E-state index in [1.165, 1.54) is 103 Å². The Kier molecular flexibility index (Phi) is 22.3. The van der Waals surface area contributed by atoms with Crippen molar-refractivity contribution in [3.05, 3.63) is 0 Å². The van der Waals surface area contributed by atoms with E-state index < -0.39 is 7.72 Å². The molecule has 0 saturated heterocycles. The van der Waals surface area contributed by atoms with Crippen LogP contribution in [0.1, 0.15) is 130 Å². The SMILES string of the molecule is CCCCCCN(CCCCCC)C[PH](O)(O)CN(CCCCCC)CCCCCC. The number of nitrogens with zero attached hydrogens (tertiary/aromatic N) is 2. The summed E-state index contributed by atoms with van der Waals surface area (Å²) in [5, 5.41) is 0. The summed E-state index contributed by atoms with van der Waals surface area (Å²) >= 11 is 0. The first kappa shape index (κ1) is 31.3. The molecule has 4 nitrogen and oxygen atoms in total. The van der Waals surface area contributed by atoms with Crippen molar-refractivity contribution < 1.29 is 9.79 Å². The van der Waals surface area contributed by atoms with E-state index in [0.717, 1.165) is 26.2 Å². The quantitative estimate of drug-likeness (QED) is 0.116. The molecule has 0 rings (SSSR count). The van der Waals surface area contributed by atoms with Gasteiger partial charge in [0.15, 0.2) is 0 Å². The second-order valence-electron chi connectivity index (χ2n) is 9.78. The molecule has 0 bridgehead atoms. The van der Waals surface area contributed by atoms with E-state index in [1.807, 2.05) is 0 Å². The summed E-state index contributed by atoms with van der Waals surface area (Å²) in [6.45, 7) is 13.1. The van der Waals surface area contributed by atoms with Crippen LogP contribution in [0.3, 0.4) is 0 Å². The van der Waals surface area contributed by atoms with Gasteiger partial charge in [-0.2, -0.15) is 0 Å². The average Bonchev–Trinajstić information content (AvgIpc) is 2.74. The van der Waals surface area contributed by atoms with Crippen LogP contribution in [-0.4, -0.2) is 58.3 Å². The van der Waals surface area contributed by atoms with Gasteiger partial charge in [0.05, 0.1) is 0 Å². The van der Waals surface area contributed by atoms with Gasteiger partial charge in [-0.3, -0.25) is 0 Å². The molecule has 0 aliphatic carbocycles. The van der Waals surface area contributed by atoms with Crippen molar-refractivity contribution in [2.45, 2.75) is 130 Å². The Morgan fingerprint density at radius 2 is 0.677 bits per heavy atom. The number of rotatable bonds is 24. The van der Waals surface area contributed by atoms with Gasteiger partial charge in [-0.1, -0.05) is 0 Å². The molecule has 0 saturated carbocycles. The Labute approximate surface area is 196 Å². The predicted octanol–water partition coefficient (Wildman–Crippen LogP) is 7.39. The normalized spacial score (nSPS) is 12.9. The van der Waals surface area contributed by atoms with Crippen LogP contribution in [0.15, 0.2) is 0 Å². The standard InChI is InChI=1S/C26H59N2O2P/c1-5-9-13-17-21-27(22-18-14-10-6-2)25-31(29,30)26-28(23-19-15-11-7-3)24-20-16-12-8-4/h29-31H,5-26H2,1-4H3. The molecular formula is C26H59N2O2P. The molecule has 0 unspecified atom stereocenters. The Hall–Kier alpha value is 0.270. The Morgan fingerprint density at radius 1 is 0.419 bits per heavy atom. The number of unbranched alkanes of at least 4 members (excludes halogenated alkanes) is 12. The molecule has 0 aromatic carbocycles. The van der Waals surface area contributed by atoms with E-state index in [0.29, 0.717) is 12.6 Å². The monoisotopic (exact) mass is 462 g/mol. The summed E-state index contributed by atoms with van der Waals surface area (Å²) in [5.41, 5.74) is 0. The first-order chi connectivity index (χ1) is 15.0. The molecule has 0 aliphatic heterocycles. The van der Waals surface area contributed by atoms with Gasteiger partial charge in [-0.15, -0.1) is 0 Å². The zero-order valence-electron chi connectivity index (χ0n) is 21.8. The van der Waals surface area contributed by atoms with Gasteiger partial charge in [-0.25, -0.2) is 0 Å². The molecule has 0 amide bonds. The summed E-state index contributed by atoms with van der Waals surface area (Å²) in [6.07, 6.45) is 21.0. The maximum absolute atomic E-state index is 11.1. The first-order valence-corrected chi connectivity index (χ1v) is 16.2. The van der Waals surface area contributed by atoms with E-state index in [2.05, 4.69) is 37.5 Å². The van der Waals surface area contributed by atoms with Crippen LogP contribution in [0.4, 0.5) is 0 Å². The summed E-state index contributed by atoms with van der Waals surface area (Å²) in [7, 11) is -3.25. The van der Waals surface area contributed by atoms with Crippen molar-refractivity contribution in [3.63, 3.8) is 0 Å². The van der Waals surface area contributed by atoms with E-state index in [4.69, 9.17) is 0 Å². The second-order valence-corrected chi connectivity index (χ2v) is 12.4. The van der Waals surface area contributed by atoms with Crippen molar-refractivity contribution in [1.82, 2.24) is 9.80 Å². The molecule has 0 spiro atoms. The Balaban J connectivity index is 4.72. The topological polar surface area (TPSA) is 46.9 Å². The zero-order chi connectivity index (χ0) is 23.2. The van der Waals surface area contributed by atoms with Crippen LogP contribution >= 0.6 is 7.72 Å². The van der Waals surface area contributed by atoms with E-state index in [-0.39, 0.29) is 0 Å². The fraction of sp³-hybridized carbons (Fsp3) is 1.00. The molecule has 2 N–H and O–H groups in total. The van der Waals surface area contributed by atoms with Gasteiger partial charge < -0.3 is 0 Å². The zero-order valence-corrected chi connectivity index (χ0v) is 22.8. The maximum atomic E-state index is 11.1. The molecule has 0 atom stereocenters. The third kappa shape index (κ3) is 20.6. The molecule has 0 aromatic heterocycles. The molecular weight excluding hydrogens is 403 g/mol. The van der Waals surface area contributed by atoms with Crippen LogP contribution < -0.4 is 0 Å². The molecule has 190 valence electrons. The van der Waals surface area contributed by atoms with E-state index in [1.54, 1.807) is 0 Å². The molecule has 31 heavy (non-hydrogen) atoms. The minimum atomic E-state index is -3.25. The minimum absolute atomic E-state index is 0.520. The van der Waals surface area contributed by atoms with Gasteiger partial charge in [0.2, 0.25) is 0 Å². The van der Waals surface area contributed by atoms with Crippen LogP contribution in [0.25, 0.3) is 0 Å². The third-order valence-corrected chi connectivity index (χ3v) is 8.17. The van der Waals surface area contributed by atoms with Gasteiger partial charge in [0.1, 0.15) is 0 Å².